The molecule has 1 aliphatic carbocycles. The second kappa shape index (κ2) is 7.02. The lowest BCUT2D eigenvalue weighted by atomic mass is 10.2. The topological polar surface area (TPSA) is 55.8 Å². The molecule has 0 aromatic heterocycles. The van der Waals surface area contributed by atoms with Gasteiger partial charge in [-0.1, -0.05) is 30.3 Å². The van der Waals surface area contributed by atoms with Gasteiger partial charge in [-0.25, -0.2) is 4.79 Å². The van der Waals surface area contributed by atoms with Crippen molar-refractivity contribution >= 4 is 12.1 Å². The average molecular weight is 317 g/mol. The van der Waals surface area contributed by atoms with E-state index in [1.165, 1.54) is 0 Å². The number of nitrogens with zero attached hydrogens (tertiary/aromatic N) is 1. The van der Waals surface area contributed by atoms with Crippen LogP contribution in [-0.2, 0) is 20.9 Å². The van der Waals surface area contributed by atoms with Gasteiger partial charge in [0.1, 0.15) is 6.61 Å². The highest BCUT2D eigenvalue weighted by molar-refractivity contribution is 5.76. The summed E-state index contributed by atoms with van der Waals surface area (Å²) in [5, 5.41) is 0. The van der Waals surface area contributed by atoms with E-state index in [4.69, 9.17) is 9.47 Å². The van der Waals surface area contributed by atoms with Crippen LogP contribution in [0.25, 0.3) is 0 Å². The first-order valence-corrected chi connectivity index (χ1v) is 8.33. The largest absolute Gasteiger partial charge is 0.466 e. The summed E-state index contributed by atoms with van der Waals surface area (Å²) in [7, 11) is 0. The van der Waals surface area contributed by atoms with Gasteiger partial charge in [0.15, 0.2) is 0 Å². The fraction of sp³-hybridized carbons (Fsp3) is 0.556. The monoisotopic (exact) mass is 317 g/mol. The summed E-state index contributed by atoms with van der Waals surface area (Å²) < 4.78 is 10.5. The number of fused-ring (bicyclic) bond motifs is 1. The zero-order chi connectivity index (χ0) is 16.2. The molecule has 3 rings (SSSR count). The minimum absolute atomic E-state index is 0.0532. The lowest BCUT2D eigenvalue weighted by Gasteiger charge is -2.21. The predicted molar refractivity (Wildman–Crippen MR) is 84.5 cm³/mol. The summed E-state index contributed by atoms with van der Waals surface area (Å²) in [5.41, 5.74) is 0.987. The molecule has 1 aromatic rings. The second-order valence-corrected chi connectivity index (χ2v) is 6.21. The third-order valence-corrected chi connectivity index (χ3v) is 4.82. The highest BCUT2D eigenvalue weighted by Crippen LogP contribution is 2.52. The normalized spacial score (nSPS) is 26.0. The van der Waals surface area contributed by atoms with Gasteiger partial charge in [0.25, 0.3) is 0 Å². The molecule has 1 saturated heterocycles. The molecule has 2 unspecified atom stereocenters. The lowest BCUT2D eigenvalue weighted by molar-refractivity contribution is -0.145. The van der Waals surface area contributed by atoms with E-state index in [-0.39, 0.29) is 18.0 Å². The molecule has 1 heterocycles. The van der Waals surface area contributed by atoms with Crippen molar-refractivity contribution in [3.63, 3.8) is 0 Å². The Labute approximate surface area is 136 Å². The molecule has 0 bridgehead atoms. The Morgan fingerprint density at radius 1 is 1.09 bits per heavy atom. The van der Waals surface area contributed by atoms with E-state index >= 15 is 0 Å². The number of likely N-dealkylation sites (tertiary alicyclic amines) is 1. The third-order valence-electron chi connectivity index (χ3n) is 4.82. The molecule has 0 N–H and O–H groups in total. The molecule has 1 saturated carbocycles. The van der Waals surface area contributed by atoms with Gasteiger partial charge in [0, 0.05) is 13.1 Å². The predicted octanol–water partition coefficient (Wildman–Crippen LogP) is 2.84. The Bertz CT molecular complexity index is 545. The van der Waals surface area contributed by atoms with Crippen molar-refractivity contribution in [2.24, 2.45) is 17.8 Å². The van der Waals surface area contributed by atoms with Crippen LogP contribution in [0.2, 0.25) is 0 Å². The molecule has 5 heteroatoms. The number of carbonyl (C=O) groups is 2. The van der Waals surface area contributed by atoms with Crippen LogP contribution in [0.3, 0.4) is 0 Å². The van der Waals surface area contributed by atoms with Crippen LogP contribution in [0.15, 0.2) is 30.3 Å². The first-order chi connectivity index (χ1) is 11.2. The van der Waals surface area contributed by atoms with Gasteiger partial charge < -0.3 is 14.4 Å². The molecule has 1 aliphatic heterocycles. The Morgan fingerprint density at radius 2 is 1.74 bits per heavy atom. The average Bonchev–Trinajstić information content (AvgIpc) is 3.29. The highest BCUT2D eigenvalue weighted by atomic mass is 16.6. The quantitative estimate of drug-likeness (QED) is 0.801. The summed E-state index contributed by atoms with van der Waals surface area (Å²) in [5.74, 6) is 0.738. The molecule has 23 heavy (non-hydrogen) atoms. The van der Waals surface area contributed by atoms with E-state index in [2.05, 4.69) is 0 Å². The van der Waals surface area contributed by atoms with E-state index in [1.54, 1.807) is 4.90 Å². The molecule has 2 fully saturated rings. The molecule has 0 spiro atoms. The van der Waals surface area contributed by atoms with Crippen LogP contribution < -0.4 is 0 Å². The summed E-state index contributed by atoms with van der Waals surface area (Å²) in [6.45, 7) is 3.89. The van der Waals surface area contributed by atoms with Crippen LogP contribution in [0, 0.1) is 17.8 Å². The molecular formula is C18H23NO4. The minimum atomic E-state index is -0.261. The fourth-order valence-electron chi connectivity index (χ4n) is 3.54. The van der Waals surface area contributed by atoms with Crippen molar-refractivity contribution in [1.29, 1.82) is 0 Å². The van der Waals surface area contributed by atoms with E-state index in [0.717, 1.165) is 18.4 Å². The van der Waals surface area contributed by atoms with Crippen molar-refractivity contribution in [3.8, 4) is 0 Å². The smallest absolute Gasteiger partial charge is 0.410 e. The maximum absolute atomic E-state index is 12.2. The van der Waals surface area contributed by atoms with E-state index in [1.807, 2.05) is 37.3 Å². The second-order valence-electron chi connectivity index (χ2n) is 6.21. The van der Waals surface area contributed by atoms with Gasteiger partial charge in [-0.15, -0.1) is 0 Å². The van der Waals surface area contributed by atoms with Gasteiger partial charge >= 0.3 is 12.1 Å². The van der Waals surface area contributed by atoms with Crippen molar-refractivity contribution in [2.75, 3.05) is 19.7 Å². The van der Waals surface area contributed by atoms with E-state index in [0.29, 0.717) is 38.1 Å². The standard InChI is InChI=1S/C18H23NO4/c1-2-22-17(20)16-14-8-10-19(11-9-15(14)16)18(21)23-12-13-6-4-3-5-7-13/h3-7,14-16H,2,8-12H2,1H3/t14-,15?,16?/m1/s1. The van der Waals surface area contributed by atoms with Crippen LogP contribution in [0.1, 0.15) is 25.3 Å². The third kappa shape index (κ3) is 3.66. The Morgan fingerprint density at radius 3 is 2.35 bits per heavy atom. The van der Waals surface area contributed by atoms with Crippen molar-refractivity contribution in [1.82, 2.24) is 4.90 Å². The maximum Gasteiger partial charge on any atom is 0.410 e. The number of ether oxygens (including phenoxy) is 2. The molecule has 2 aliphatic rings. The van der Waals surface area contributed by atoms with Gasteiger partial charge in [-0.3, -0.25) is 4.79 Å². The number of hydrogen-bond donors (Lipinski definition) is 0. The molecular weight excluding hydrogens is 294 g/mol. The van der Waals surface area contributed by atoms with Gasteiger partial charge in [0.2, 0.25) is 0 Å². The lowest BCUT2D eigenvalue weighted by Crippen LogP contribution is -2.33. The molecule has 1 amide bonds. The van der Waals surface area contributed by atoms with Crippen LogP contribution in [-0.4, -0.2) is 36.7 Å². The van der Waals surface area contributed by atoms with Gasteiger partial charge in [-0.05, 0) is 37.2 Å². The summed E-state index contributed by atoms with van der Waals surface area (Å²) in [4.78, 5) is 25.8. The molecule has 0 radical (unpaired) electrons. The number of amides is 1. The summed E-state index contributed by atoms with van der Waals surface area (Å²) in [6.07, 6.45) is 1.45. The number of hydrogen-bond acceptors (Lipinski definition) is 4. The molecule has 5 nitrogen and oxygen atoms in total. The van der Waals surface area contributed by atoms with Crippen LogP contribution in [0.5, 0.6) is 0 Å². The number of carbonyl (C=O) groups excluding carboxylic acids is 2. The Balaban J connectivity index is 1.45. The summed E-state index contributed by atoms with van der Waals surface area (Å²) in [6, 6.07) is 9.67. The summed E-state index contributed by atoms with van der Waals surface area (Å²) >= 11 is 0. The van der Waals surface area contributed by atoms with Crippen LogP contribution in [0.4, 0.5) is 4.79 Å². The zero-order valence-electron chi connectivity index (χ0n) is 13.4. The van der Waals surface area contributed by atoms with Crippen molar-refractivity contribution < 1.29 is 19.1 Å². The first kappa shape index (κ1) is 15.8. The van der Waals surface area contributed by atoms with E-state index in [9.17, 15) is 9.59 Å². The van der Waals surface area contributed by atoms with Crippen molar-refractivity contribution in [3.05, 3.63) is 35.9 Å². The zero-order valence-corrected chi connectivity index (χ0v) is 13.4. The number of rotatable bonds is 4. The number of benzene rings is 1. The Kier molecular flexibility index (Phi) is 4.84. The SMILES string of the molecule is CCOC(=O)C1C2CCN(C(=O)OCc3ccccc3)CC[C@H]21. The first-order valence-electron chi connectivity index (χ1n) is 8.33. The van der Waals surface area contributed by atoms with Gasteiger partial charge in [-0.2, -0.15) is 0 Å². The van der Waals surface area contributed by atoms with Crippen molar-refractivity contribution in [2.45, 2.75) is 26.4 Å². The van der Waals surface area contributed by atoms with Crippen LogP contribution >= 0.6 is 0 Å². The maximum atomic E-state index is 12.2. The van der Waals surface area contributed by atoms with Gasteiger partial charge in [0.05, 0.1) is 12.5 Å². The highest BCUT2D eigenvalue weighted by Gasteiger charge is 2.55. The Hall–Kier alpha value is -2.04. The minimum Gasteiger partial charge on any atom is -0.466 e. The number of esters is 1. The van der Waals surface area contributed by atoms with E-state index < -0.39 is 0 Å². The molecule has 1 aromatic carbocycles. The molecule has 124 valence electrons. The fourth-order valence-corrected chi connectivity index (χ4v) is 3.54. The molecule has 3 atom stereocenters.